The number of thiophene rings is 1. The Morgan fingerprint density at radius 3 is 2.67 bits per heavy atom. The number of rotatable bonds is 3. The zero-order chi connectivity index (χ0) is 14.8. The summed E-state index contributed by atoms with van der Waals surface area (Å²) in [6.07, 6.45) is 0. The first-order valence-corrected chi connectivity index (χ1v) is 7.96. The third kappa shape index (κ3) is 3.01. The number of hydrogen-bond acceptors (Lipinski definition) is 4. The molecule has 0 aliphatic carbocycles. The number of hydrogen-bond donors (Lipinski definition) is 1. The standard InChI is InChI=1S/C15H11FN2OS2/c1-9-13(21-15(17-9)10-6-7-20-8-10)14(19)18-12-4-2-11(16)3-5-12/h2-8H,1H3,(H,18,19). The zero-order valence-corrected chi connectivity index (χ0v) is 12.7. The van der Waals surface area contributed by atoms with Gasteiger partial charge in [0, 0.05) is 16.6 Å². The van der Waals surface area contributed by atoms with Crippen molar-refractivity contribution in [2.75, 3.05) is 5.32 Å². The van der Waals surface area contributed by atoms with Crippen LogP contribution in [0, 0.1) is 12.7 Å². The molecule has 0 bridgehead atoms. The molecule has 6 heteroatoms. The van der Waals surface area contributed by atoms with Gasteiger partial charge in [-0.05, 0) is 42.6 Å². The van der Waals surface area contributed by atoms with Crippen molar-refractivity contribution in [1.29, 1.82) is 0 Å². The highest BCUT2D eigenvalue weighted by atomic mass is 32.1. The first-order valence-electron chi connectivity index (χ1n) is 6.20. The molecule has 1 amide bonds. The molecule has 0 fully saturated rings. The molecule has 106 valence electrons. The Morgan fingerprint density at radius 1 is 1.24 bits per heavy atom. The van der Waals surface area contributed by atoms with E-state index in [1.807, 2.05) is 23.8 Å². The first-order chi connectivity index (χ1) is 10.1. The number of anilines is 1. The lowest BCUT2D eigenvalue weighted by atomic mass is 10.3. The average Bonchev–Trinajstić information content (AvgIpc) is 3.10. The van der Waals surface area contributed by atoms with E-state index in [2.05, 4.69) is 10.3 Å². The van der Waals surface area contributed by atoms with Crippen LogP contribution in [0.15, 0.2) is 41.1 Å². The maximum absolute atomic E-state index is 12.9. The van der Waals surface area contributed by atoms with Crippen LogP contribution >= 0.6 is 22.7 Å². The Hall–Kier alpha value is -2.05. The Morgan fingerprint density at radius 2 is 2.00 bits per heavy atom. The lowest BCUT2D eigenvalue weighted by Gasteiger charge is -2.03. The maximum atomic E-state index is 12.9. The van der Waals surface area contributed by atoms with Gasteiger partial charge < -0.3 is 5.32 Å². The number of nitrogens with zero attached hydrogens (tertiary/aromatic N) is 1. The molecule has 1 N–H and O–H groups in total. The summed E-state index contributed by atoms with van der Waals surface area (Å²) < 4.78 is 12.9. The number of aromatic nitrogens is 1. The van der Waals surface area contributed by atoms with Crippen LogP contribution in [0.5, 0.6) is 0 Å². The number of carbonyl (C=O) groups is 1. The predicted molar refractivity (Wildman–Crippen MR) is 84.5 cm³/mol. The fourth-order valence-corrected chi connectivity index (χ4v) is 3.51. The van der Waals surface area contributed by atoms with Gasteiger partial charge in [-0.15, -0.1) is 11.3 Å². The summed E-state index contributed by atoms with van der Waals surface area (Å²) in [6, 6.07) is 7.66. The van der Waals surface area contributed by atoms with Crippen molar-refractivity contribution in [1.82, 2.24) is 4.98 Å². The second kappa shape index (κ2) is 5.75. The molecule has 2 aromatic heterocycles. The molecule has 0 aliphatic heterocycles. The third-order valence-electron chi connectivity index (χ3n) is 2.87. The highest BCUT2D eigenvalue weighted by Crippen LogP contribution is 2.29. The van der Waals surface area contributed by atoms with Gasteiger partial charge in [0.15, 0.2) is 0 Å². The molecule has 0 spiro atoms. The molecule has 3 aromatic rings. The summed E-state index contributed by atoms with van der Waals surface area (Å²) in [6.45, 7) is 1.81. The highest BCUT2D eigenvalue weighted by molar-refractivity contribution is 7.17. The van der Waals surface area contributed by atoms with Crippen molar-refractivity contribution in [2.24, 2.45) is 0 Å². The van der Waals surface area contributed by atoms with Crippen LogP contribution < -0.4 is 5.32 Å². The van der Waals surface area contributed by atoms with Crippen molar-refractivity contribution in [2.45, 2.75) is 6.92 Å². The van der Waals surface area contributed by atoms with Crippen molar-refractivity contribution in [3.63, 3.8) is 0 Å². The van der Waals surface area contributed by atoms with Gasteiger partial charge in [-0.2, -0.15) is 11.3 Å². The van der Waals surface area contributed by atoms with Gasteiger partial charge in [-0.1, -0.05) is 0 Å². The van der Waals surface area contributed by atoms with Gasteiger partial charge in [0.2, 0.25) is 0 Å². The Bertz CT molecular complexity index is 764. The van der Waals surface area contributed by atoms with Gasteiger partial charge in [0.25, 0.3) is 5.91 Å². The second-order valence-corrected chi connectivity index (χ2v) is 6.19. The van der Waals surface area contributed by atoms with Crippen LogP contribution in [0.25, 0.3) is 10.6 Å². The topological polar surface area (TPSA) is 42.0 Å². The van der Waals surface area contributed by atoms with Crippen molar-refractivity contribution in [3.8, 4) is 10.6 Å². The summed E-state index contributed by atoms with van der Waals surface area (Å²) >= 11 is 2.95. The van der Waals surface area contributed by atoms with Crippen molar-refractivity contribution < 1.29 is 9.18 Å². The summed E-state index contributed by atoms with van der Waals surface area (Å²) in [7, 11) is 0. The molecule has 2 heterocycles. The molecule has 0 aliphatic rings. The van der Waals surface area contributed by atoms with E-state index in [9.17, 15) is 9.18 Å². The monoisotopic (exact) mass is 318 g/mol. The van der Waals surface area contributed by atoms with E-state index in [1.54, 1.807) is 11.3 Å². The van der Waals surface area contributed by atoms with E-state index >= 15 is 0 Å². The summed E-state index contributed by atoms with van der Waals surface area (Å²) in [4.78, 5) is 17.3. The molecule has 0 unspecified atom stereocenters. The van der Waals surface area contributed by atoms with Gasteiger partial charge in [-0.25, -0.2) is 9.37 Å². The minimum atomic E-state index is -0.332. The van der Waals surface area contributed by atoms with E-state index in [0.29, 0.717) is 16.3 Å². The van der Waals surface area contributed by atoms with Gasteiger partial charge in [0.05, 0.1) is 5.69 Å². The molecule has 1 aromatic carbocycles. The third-order valence-corrected chi connectivity index (χ3v) is 4.76. The molecule has 0 saturated heterocycles. The summed E-state index contributed by atoms with van der Waals surface area (Å²) in [5.41, 5.74) is 2.28. The minimum absolute atomic E-state index is 0.224. The number of nitrogens with one attached hydrogen (secondary N) is 1. The van der Waals surface area contributed by atoms with E-state index in [4.69, 9.17) is 0 Å². The van der Waals surface area contributed by atoms with E-state index in [1.165, 1.54) is 35.6 Å². The SMILES string of the molecule is Cc1nc(-c2ccsc2)sc1C(=O)Nc1ccc(F)cc1. The molecule has 3 nitrogen and oxygen atoms in total. The van der Waals surface area contributed by atoms with Gasteiger partial charge >= 0.3 is 0 Å². The quantitative estimate of drug-likeness (QED) is 0.768. The number of carbonyl (C=O) groups excluding carboxylic acids is 1. The van der Waals surface area contributed by atoms with Crippen molar-refractivity contribution >= 4 is 34.3 Å². The summed E-state index contributed by atoms with van der Waals surface area (Å²) in [5.74, 6) is -0.556. The molecule has 21 heavy (non-hydrogen) atoms. The van der Waals surface area contributed by atoms with Crippen LogP contribution in [0.4, 0.5) is 10.1 Å². The average molecular weight is 318 g/mol. The van der Waals surface area contributed by atoms with Crippen LogP contribution in [0.1, 0.15) is 15.4 Å². The number of halogens is 1. The van der Waals surface area contributed by atoms with E-state index in [-0.39, 0.29) is 11.7 Å². The number of aryl methyl sites for hydroxylation is 1. The molecular formula is C15H11FN2OS2. The first kappa shape index (κ1) is 13.9. The Kier molecular flexibility index (Phi) is 3.81. The van der Waals surface area contributed by atoms with Crippen LogP contribution in [-0.4, -0.2) is 10.9 Å². The normalized spacial score (nSPS) is 10.6. The maximum Gasteiger partial charge on any atom is 0.267 e. The fourth-order valence-electron chi connectivity index (χ4n) is 1.84. The molecular weight excluding hydrogens is 307 g/mol. The zero-order valence-electron chi connectivity index (χ0n) is 11.1. The number of amides is 1. The fraction of sp³-hybridized carbons (Fsp3) is 0.0667. The van der Waals surface area contributed by atoms with Crippen LogP contribution in [0.2, 0.25) is 0 Å². The molecule has 0 atom stereocenters. The Balaban J connectivity index is 1.83. The molecule has 0 radical (unpaired) electrons. The summed E-state index contributed by atoms with van der Waals surface area (Å²) in [5, 5.41) is 7.56. The minimum Gasteiger partial charge on any atom is -0.321 e. The smallest absolute Gasteiger partial charge is 0.267 e. The van der Waals surface area contributed by atoms with Gasteiger partial charge in [-0.3, -0.25) is 4.79 Å². The largest absolute Gasteiger partial charge is 0.321 e. The lowest BCUT2D eigenvalue weighted by molar-refractivity contribution is 0.103. The lowest BCUT2D eigenvalue weighted by Crippen LogP contribution is -2.11. The van der Waals surface area contributed by atoms with Crippen molar-refractivity contribution in [3.05, 3.63) is 57.5 Å². The predicted octanol–water partition coefficient (Wildman–Crippen LogP) is 4.57. The van der Waals surface area contributed by atoms with E-state index < -0.39 is 0 Å². The van der Waals surface area contributed by atoms with Crippen LogP contribution in [0.3, 0.4) is 0 Å². The van der Waals surface area contributed by atoms with Crippen LogP contribution in [-0.2, 0) is 0 Å². The van der Waals surface area contributed by atoms with Gasteiger partial charge in [0.1, 0.15) is 15.7 Å². The molecule has 3 rings (SSSR count). The highest BCUT2D eigenvalue weighted by Gasteiger charge is 2.16. The Labute approximate surface area is 129 Å². The molecule has 0 saturated carbocycles. The second-order valence-electron chi connectivity index (χ2n) is 4.41. The van der Waals surface area contributed by atoms with E-state index in [0.717, 1.165) is 10.6 Å². The number of thiazole rings is 1. The number of benzene rings is 1.